The van der Waals surface area contributed by atoms with Gasteiger partial charge in [-0.1, -0.05) is 13.8 Å². The van der Waals surface area contributed by atoms with Crippen molar-refractivity contribution in [1.82, 2.24) is 0 Å². The van der Waals surface area contributed by atoms with Gasteiger partial charge in [-0.2, -0.15) is 0 Å². The Kier molecular flexibility index (Phi) is 5.95. The second-order valence-electron chi connectivity index (χ2n) is 2.15. The first-order valence-electron chi connectivity index (χ1n) is 4.22. The van der Waals surface area contributed by atoms with Crippen LogP contribution in [0.15, 0.2) is 22.7 Å². The van der Waals surface area contributed by atoms with Gasteiger partial charge in [-0.25, -0.2) is 4.79 Å². The third kappa shape index (κ3) is 3.38. The highest BCUT2D eigenvalue weighted by molar-refractivity contribution is 9.10. The minimum absolute atomic E-state index is 0.232. The zero-order valence-electron chi connectivity index (χ0n) is 8.37. The van der Waals surface area contributed by atoms with Crippen molar-refractivity contribution in [3.8, 4) is 5.75 Å². The molecule has 0 unspecified atom stereocenters. The van der Waals surface area contributed by atoms with Crippen molar-refractivity contribution in [2.45, 2.75) is 13.8 Å². The van der Waals surface area contributed by atoms with Crippen LogP contribution in [0.3, 0.4) is 0 Å². The molecule has 0 aliphatic heterocycles. The number of carboxylic acids is 1. The first kappa shape index (κ1) is 13.0. The summed E-state index contributed by atoms with van der Waals surface area (Å²) in [6.07, 6.45) is 0. The van der Waals surface area contributed by atoms with Gasteiger partial charge in [-0.15, -0.1) is 0 Å². The van der Waals surface area contributed by atoms with Crippen LogP contribution in [-0.2, 0) is 0 Å². The molecule has 0 atom stereocenters. The molecule has 0 heterocycles. The van der Waals surface area contributed by atoms with Gasteiger partial charge >= 0.3 is 5.97 Å². The Bertz CT molecular complexity index is 310. The average Bonchev–Trinajstić information content (AvgIpc) is 2.20. The van der Waals surface area contributed by atoms with Gasteiger partial charge < -0.3 is 9.84 Å². The number of carboxylic acid groups (broad SMARTS) is 1. The van der Waals surface area contributed by atoms with E-state index in [1.165, 1.54) is 13.2 Å². The number of hydrogen-bond donors (Lipinski definition) is 1. The van der Waals surface area contributed by atoms with E-state index < -0.39 is 5.97 Å². The molecule has 14 heavy (non-hydrogen) atoms. The molecule has 0 spiro atoms. The van der Waals surface area contributed by atoms with Gasteiger partial charge in [-0.3, -0.25) is 0 Å². The highest BCUT2D eigenvalue weighted by Crippen LogP contribution is 2.22. The predicted molar refractivity (Wildman–Crippen MR) is 59.0 cm³/mol. The van der Waals surface area contributed by atoms with Crippen LogP contribution in [0.2, 0.25) is 0 Å². The van der Waals surface area contributed by atoms with Crippen LogP contribution < -0.4 is 4.74 Å². The van der Waals surface area contributed by atoms with Crippen molar-refractivity contribution in [2.75, 3.05) is 7.11 Å². The van der Waals surface area contributed by atoms with Crippen molar-refractivity contribution in [3.63, 3.8) is 0 Å². The fourth-order valence-corrected chi connectivity index (χ4v) is 1.32. The smallest absolute Gasteiger partial charge is 0.336 e. The summed E-state index contributed by atoms with van der Waals surface area (Å²) in [5, 5.41) is 8.66. The molecule has 0 radical (unpaired) electrons. The molecule has 1 N–H and O–H groups in total. The number of methoxy groups -OCH3 is 1. The van der Waals surface area contributed by atoms with Crippen LogP contribution >= 0.6 is 15.9 Å². The van der Waals surface area contributed by atoms with E-state index in [-0.39, 0.29) is 5.56 Å². The third-order valence-electron chi connectivity index (χ3n) is 1.41. The van der Waals surface area contributed by atoms with E-state index in [1.54, 1.807) is 12.1 Å². The van der Waals surface area contributed by atoms with Gasteiger partial charge in [-0.05, 0) is 34.1 Å². The maximum atomic E-state index is 10.6. The molecule has 1 rings (SSSR count). The van der Waals surface area contributed by atoms with E-state index >= 15 is 0 Å². The number of aromatic carboxylic acids is 1. The lowest BCUT2D eigenvalue weighted by Crippen LogP contribution is -1.97. The largest absolute Gasteiger partial charge is 0.497 e. The fraction of sp³-hybridized carbons (Fsp3) is 0.300. The predicted octanol–water partition coefficient (Wildman–Crippen LogP) is 3.18. The maximum absolute atomic E-state index is 10.6. The number of benzene rings is 1. The SMILES string of the molecule is CC.COc1ccc(C(=O)O)c(Br)c1. The number of hydrogen-bond acceptors (Lipinski definition) is 2. The quantitative estimate of drug-likeness (QED) is 0.889. The molecule has 1 aromatic carbocycles. The number of rotatable bonds is 2. The first-order chi connectivity index (χ1) is 6.65. The Morgan fingerprint density at radius 2 is 2.00 bits per heavy atom. The minimum Gasteiger partial charge on any atom is -0.497 e. The summed E-state index contributed by atoms with van der Waals surface area (Å²) in [7, 11) is 1.53. The van der Waals surface area contributed by atoms with E-state index in [1.807, 2.05) is 13.8 Å². The van der Waals surface area contributed by atoms with Crippen LogP contribution in [-0.4, -0.2) is 18.2 Å². The highest BCUT2D eigenvalue weighted by atomic mass is 79.9. The lowest BCUT2D eigenvalue weighted by molar-refractivity contribution is 0.0696. The summed E-state index contributed by atoms with van der Waals surface area (Å²) in [4.78, 5) is 10.6. The lowest BCUT2D eigenvalue weighted by Gasteiger charge is -2.02. The molecule has 0 bridgehead atoms. The van der Waals surface area contributed by atoms with Gasteiger partial charge in [0.15, 0.2) is 0 Å². The molecular weight excluding hydrogens is 248 g/mol. The molecule has 1 aromatic rings. The van der Waals surface area contributed by atoms with Crippen LogP contribution in [0.25, 0.3) is 0 Å². The number of halogens is 1. The Labute approximate surface area is 91.8 Å². The Morgan fingerprint density at radius 1 is 1.43 bits per heavy atom. The average molecular weight is 261 g/mol. The molecule has 0 amide bonds. The summed E-state index contributed by atoms with van der Waals surface area (Å²) in [6, 6.07) is 4.71. The lowest BCUT2D eigenvalue weighted by atomic mass is 10.2. The fourth-order valence-electron chi connectivity index (χ4n) is 0.796. The normalized spacial score (nSPS) is 8.57. The van der Waals surface area contributed by atoms with E-state index in [9.17, 15) is 4.79 Å². The Hall–Kier alpha value is -1.03. The van der Waals surface area contributed by atoms with Gasteiger partial charge in [0.1, 0.15) is 5.75 Å². The zero-order chi connectivity index (χ0) is 11.1. The maximum Gasteiger partial charge on any atom is 0.336 e. The monoisotopic (exact) mass is 260 g/mol. The molecule has 3 nitrogen and oxygen atoms in total. The van der Waals surface area contributed by atoms with Crippen LogP contribution in [0.4, 0.5) is 0 Å². The summed E-state index contributed by atoms with van der Waals surface area (Å²) < 4.78 is 5.43. The van der Waals surface area contributed by atoms with Gasteiger partial charge in [0.2, 0.25) is 0 Å². The third-order valence-corrected chi connectivity index (χ3v) is 2.06. The van der Waals surface area contributed by atoms with E-state index in [2.05, 4.69) is 15.9 Å². The Balaban J connectivity index is 0.000000791. The summed E-state index contributed by atoms with van der Waals surface area (Å²) in [5.41, 5.74) is 0.232. The van der Waals surface area contributed by atoms with Crippen LogP contribution in [0, 0.1) is 0 Å². The van der Waals surface area contributed by atoms with Crippen LogP contribution in [0.1, 0.15) is 24.2 Å². The molecule has 0 fully saturated rings. The summed E-state index contributed by atoms with van der Waals surface area (Å²) >= 11 is 3.13. The van der Waals surface area contributed by atoms with Crippen molar-refractivity contribution in [3.05, 3.63) is 28.2 Å². The summed E-state index contributed by atoms with van der Waals surface area (Å²) in [6.45, 7) is 4.00. The van der Waals surface area contributed by atoms with Gasteiger partial charge in [0, 0.05) is 4.47 Å². The standard InChI is InChI=1S/C8H7BrO3.C2H6/c1-12-5-2-3-6(8(10)11)7(9)4-5;1-2/h2-4H,1H3,(H,10,11);1-2H3. The van der Waals surface area contributed by atoms with Gasteiger partial charge in [0.25, 0.3) is 0 Å². The number of ether oxygens (including phenoxy) is 1. The van der Waals surface area contributed by atoms with E-state index in [0.717, 1.165) is 0 Å². The molecule has 0 saturated heterocycles. The highest BCUT2D eigenvalue weighted by Gasteiger charge is 2.07. The molecule has 0 saturated carbocycles. The zero-order valence-corrected chi connectivity index (χ0v) is 9.96. The van der Waals surface area contributed by atoms with Crippen molar-refractivity contribution >= 4 is 21.9 Å². The number of carbonyl (C=O) groups is 1. The molecule has 0 aliphatic carbocycles. The van der Waals surface area contributed by atoms with Crippen molar-refractivity contribution < 1.29 is 14.6 Å². The van der Waals surface area contributed by atoms with Crippen LogP contribution in [0.5, 0.6) is 5.75 Å². The van der Waals surface area contributed by atoms with Gasteiger partial charge in [0.05, 0.1) is 12.7 Å². The van der Waals surface area contributed by atoms with E-state index in [4.69, 9.17) is 9.84 Å². The Morgan fingerprint density at radius 3 is 2.36 bits per heavy atom. The first-order valence-corrected chi connectivity index (χ1v) is 5.01. The topological polar surface area (TPSA) is 46.5 Å². The molecule has 78 valence electrons. The van der Waals surface area contributed by atoms with Crippen molar-refractivity contribution in [1.29, 1.82) is 0 Å². The second kappa shape index (κ2) is 6.43. The molecular formula is C10H13BrO3. The molecule has 0 aliphatic rings. The summed E-state index contributed by atoms with van der Waals surface area (Å²) in [5.74, 6) is -0.323. The minimum atomic E-state index is -0.954. The van der Waals surface area contributed by atoms with E-state index in [0.29, 0.717) is 10.2 Å². The molecule has 4 heteroatoms. The molecule has 0 aromatic heterocycles. The van der Waals surface area contributed by atoms with Crippen molar-refractivity contribution in [2.24, 2.45) is 0 Å². The second-order valence-corrected chi connectivity index (χ2v) is 3.01.